The molecule has 2 aromatic heterocycles. The highest BCUT2D eigenvalue weighted by Crippen LogP contribution is 2.47. The highest BCUT2D eigenvalue weighted by Gasteiger charge is 2.58. The molecule has 15 heteroatoms. The number of aliphatic hydroxyl groups excluding tert-OH is 2. The number of carbonyl (C=O) groups excluding carboxylic acids is 1. The molecule has 0 spiro atoms. The van der Waals surface area contributed by atoms with E-state index in [1.54, 1.807) is 38.1 Å². The average molecular weight is 561 g/mol. The van der Waals surface area contributed by atoms with Crippen molar-refractivity contribution in [3.8, 4) is 11.8 Å². The first-order valence-electron chi connectivity index (χ1n) is 12.0. The van der Waals surface area contributed by atoms with Crippen molar-refractivity contribution in [1.82, 2.24) is 19.7 Å². The first-order chi connectivity index (χ1) is 18.5. The number of benzene rings is 1. The second-order valence-corrected chi connectivity index (χ2v) is 10.8. The van der Waals surface area contributed by atoms with Gasteiger partial charge in [-0.3, -0.25) is 9.32 Å². The molecule has 3 aromatic rings. The maximum atomic E-state index is 13.7. The number of anilines is 1. The summed E-state index contributed by atoms with van der Waals surface area (Å²) in [5.41, 5.74) is 4.25. The number of nitrogens with one attached hydrogen (secondary N) is 1. The van der Waals surface area contributed by atoms with E-state index in [-0.39, 0.29) is 17.3 Å². The van der Waals surface area contributed by atoms with Crippen LogP contribution in [0.5, 0.6) is 5.75 Å². The Morgan fingerprint density at radius 3 is 2.67 bits per heavy atom. The van der Waals surface area contributed by atoms with Gasteiger partial charge in [0.25, 0.3) is 0 Å². The number of carbonyl (C=O) groups is 1. The fourth-order valence-electron chi connectivity index (χ4n) is 4.06. The van der Waals surface area contributed by atoms with Crippen LogP contribution in [0.4, 0.5) is 5.82 Å². The summed E-state index contributed by atoms with van der Waals surface area (Å²) in [6.07, 6.45) is -3.96. The number of para-hydroxylation sites is 1. The zero-order valence-electron chi connectivity index (χ0n) is 21.4. The third-order valence-electron chi connectivity index (χ3n) is 5.92. The van der Waals surface area contributed by atoms with Crippen molar-refractivity contribution in [3.05, 3.63) is 54.5 Å². The molecule has 1 aromatic carbocycles. The quantitative estimate of drug-likeness (QED) is 0.204. The van der Waals surface area contributed by atoms with Gasteiger partial charge in [0.1, 0.15) is 48.0 Å². The molecule has 0 aliphatic carbocycles. The molecule has 2 unspecified atom stereocenters. The van der Waals surface area contributed by atoms with Crippen LogP contribution >= 0.6 is 7.75 Å². The number of nitrogens with zero attached hydrogens (tertiary/aromatic N) is 4. The van der Waals surface area contributed by atoms with E-state index in [9.17, 15) is 24.8 Å². The number of fused-ring (bicyclic) bond motifs is 1. The maximum absolute atomic E-state index is 13.7. The fourth-order valence-corrected chi connectivity index (χ4v) is 5.56. The minimum atomic E-state index is -4.30. The van der Waals surface area contributed by atoms with E-state index < -0.39 is 56.4 Å². The van der Waals surface area contributed by atoms with Crippen LogP contribution in [-0.4, -0.2) is 67.8 Å². The van der Waals surface area contributed by atoms with Crippen molar-refractivity contribution in [2.45, 2.75) is 56.8 Å². The molecule has 0 radical (unpaired) electrons. The van der Waals surface area contributed by atoms with Crippen LogP contribution in [0.2, 0.25) is 0 Å². The Balaban J connectivity index is 1.58. The lowest BCUT2D eigenvalue weighted by molar-refractivity contribution is -0.149. The van der Waals surface area contributed by atoms with Crippen LogP contribution in [0.1, 0.15) is 26.5 Å². The normalized spacial score (nSPS) is 25.2. The van der Waals surface area contributed by atoms with Crippen LogP contribution < -0.4 is 15.3 Å². The summed E-state index contributed by atoms with van der Waals surface area (Å²) in [6.45, 7) is 4.17. The first-order valence-corrected chi connectivity index (χ1v) is 13.6. The molecule has 0 amide bonds. The monoisotopic (exact) mass is 560 g/mol. The molecule has 0 bridgehead atoms. The molecule has 208 valence electrons. The van der Waals surface area contributed by atoms with Gasteiger partial charge in [0.05, 0.1) is 18.4 Å². The van der Waals surface area contributed by atoms with E-state index in [0.717, 1.165) is 0 Å². The first kappa shape index (κ1) is 28.4. The molecular weight excluding hydrogens is 531 g/mol. The highest BCUT2D eigenvalue weighted by atomic mass is 31.2. The molecule has 14 nitrogen and oxygen atoms in total. The summed E-state index contributed by atoms with van der Waals surface area (Å²) < 4.78 is 37.2. The van der Waals surface area contributed by atoms with Crippen LogP contribution in [0.3, 0.4) is 0 Å². The second kappa shape index (κ2) is 11.3. The summed E-state index contributed by atoms with van der Waals surface area (Å²) in [5, 5.41) is 38.4. The smallest absolute Gasteiger partial charge is 0.459 e. The Bertz CT molecular complexity index is 1410. The van der Waals surface area contributed by atoms with Gasteiger partial charge in [0, 0.05) is 0 Å². The number of nitrogens with two attached hydrogens (primary N) is 1. The van der Waals surface area contributed by atoms with Crippen molar-refractivity contribution in [2.24, 2.45) is 0 Å². The topological polar surface area (TPSA) is 204 Å². The number of esters is 1. The van der Waals surface area contributed by atoms with E-state index in [0.29, 0.717) is 5.52 Å². The van der Waals surface area contributed by atoms with Gasteiger partial charge < -0.3 is 29.9 Å². The Kier molecular flexibility index (Phi) is 8.22. The van der Waals surface area contributed by atoms with Gasteiger partial charge >= 0.3 is 13.7 Å². The Morgan fingerprint density at radius 2 is 2.00 bits per heavy atom. The standard InChI is InChI=1S/C24H29N6O8P/c1-14(2)36-23(33)15(3)29-39(34,38-16-7-5-4-6-8-16)35-11-18-20(31)21(32)24(12-25,37-18)19-10-9-17-22(26)27-13-28-30(17)19/h4-10,13-15,18,20-21,31-32H,11H2,1-3H3,(H,29,34)(H2,26,27,28)/t15?,18-,20-,21-,24+,39?/m1/s1. The SMILES string of the molecule is CC(C)OC(=O)C(C)NP(=O)(OC[C@H]1O[C@@](C#N)(c2ccc3c(N)ncnn23)[C@H](O)[C@@H]1O)Oc1ccccc1. The summed E-state index contributed by atoms with van der Waals surface area (Å²) in [5.74, 6) is -0.385. The predicted octanol–water partition coefficient (Wildman–Crippen LogP) is 1.28. The lowest BCUT2D eigenvalue weighted by atomic mass is 9.92. The molecule has 6 atom stereocenters. The van der Waals surface area contributed by atoms with Gasteiger partial charge in [-0.2, -0.15) is 15.4 Å². The summed E-state index contributed by atoms with van der Waals surface area (Å²) in [7, 11) is -4.30. The molecular formula is C24H29N6O8P. The summed E-state index contributed by atoms with van der Waals surface area (Å²) in [4.78, 5) is 16.2. The van der Waals surface area contributed by atoms with Crippen LogP contribution in [0.25, 0.3) is 5.52 Å². The number of ether oxygens (including phenoxy) is 2. The molecule has 3 heterocycles. The number of nitriles is 1. The van der Waals surface area contributed by atoms with E-state index >= 15 is 0 Å². The fraction of sp³-hybridized carbons (Fsp3) is 0.417. The largest absolute Gasteiger partial charge is 0.462 e. The van der Waals surface area contributed by atoms with Crippen molar-refractivity contribution in [1.29, 1.82) is 5.26 Å². The molecule has 4 rings (SSSR count). The lowest BCUT2D eigenvalue weighted by Gasteiger charge is -2.25. The van der Waals surface area contributed by atoms with Gasteiger partial charge in [-0.15, -0.1) is 0 Å². The number of hydrogen-bond acceptors (Lipinski definition) is 12. The third-order valence-corrected chi connectivity index (χ3v) is 7.57. The Labute approximate surface area is 223 Å². The van der Waals surface area contributed by atoms with Gasteiger partial charge in [0.15, 0.2) is 5.82 Å². The highest BCUT2D eigenvalue weighted by molar-refractivity contribution is 7.52. The van der Waals surface area contributed by atoms with Crippen molar-refractivity contribution >= 4 is 25.1 Å². The van der Waals surface area contributed by atoms with Crippen LogP contribution in [0, 0.1) is 11.3 Å². The second-order valence-electron chi connectivity index (χ2n) is 9.13. The molecule has 39 heavy (non-hydrogen) atoms. The third kappa shape index (κ3) is 5.74. The minimum absolute atomic E-state index is 0.0926. The van der Waals surface area contributed by atoms with Gasteiger partial charge in [-0.25, -0.2) is 14.1 Å². The Morgan fingerprint density at radius 1 is 1.28 bits per heavy atom. The number of rotatable bonds is 10. The molecule has 0 saturated carbocycles. The van der Waals surface area contributed by atoms with Crippen molar-refractivity contribution in [3.63, 3.8) is 0 Å². The zero-order chi connectivity index (χ0) is 28.4. The van der Waals surface area contributed by atoms with E-state index in [4.69, 9.17) is 24.3 Å². The lowest BCUT2D eigenvalue weighted by Crippen LogP contribution is -2.41. The van der Waals surface area contributed by atoms with Crippen LogP contribution in [-0.2, 0) is 29.0 Å². The Hall–Kier alpha value is -3.57. The maximum Gasteiger partial charge on any atom is 0.459 e. The van der Waals surface area contributed by atoms with E-state index in [2.05, 4.69) is 15.2 Å². The number of aliphatic hydroxyl groups is 2. The number of aromatic nitrogens is 3. The molecule has 1 aliphatic heterocycles. The van der Waals surface area contributed by atoms with Gasteiger partial charge in [-0.05, 0) is 45.0 Å². The van der Waals surface area contributed by atoms with Crippen LogP contribution in [0.15, 0.2) is 48.8 Å². The zero-order valence-corrected chi connectivity index (χ0v) is 22.3. The predicted molar refractivity (Wildman–Crippen MR) is 136 cm³/mol. The average Bonchev–Trinajstić information content (AvgIpc) is 3.44. The van der Waals surface area contributed by atoms with E-state index in [1.165, 1.54) is 36.0 Å². The number of nitrogen functional groups attached to an aromatic ring is 1. The summed E-state index contributed by atoms with van der Waals surface area (Å²) in [6, 6.07) is 11.9. The molecule has 1 saturated heterocycles. The van der Waals surface area contributed by atoms with Crippen molar-refractivity contribution in [2.75, 3.05) is 12.3 Å². The number of hydrogen-bond donors (Lipinski definition) is 4. The summed E-state index contributed by atoms with van der Waals surface area (Å²) >= 11 is 0. The van der Waals surface area contributed by atoms with Crippen molar-refractivity contribution < 1.29 is 38.1 Å². The molecule has 1 fully saturated rings. The van der Waals surface area contributed by atoms with E-state index in [1.807, 2.05) is 6.07 Å². The minimum Gasteiger partial charge on any atom is -0.462 e. The van der Waals surface area contributed by atoms with Gasteiger partial charge in [0.2, 0.25) is 5.60 Å². The molecule has 1 aliphatic rings. The van der Waals surface area contributed by atoms with Gasteiger partial charge in [-0.1, -0.05) is 18.2 Å². The molecule has 5 N–H and O–H groups in total.